The van der Waals surface area contributed by atoms with Crippen molar-refractivity contribution in [3.63, 3.8) is 0 Å². The van der Waals surface area contributed by atoms with Gasteiger partial charge in [-0.05, 0) is 66.4 Å². The quantitative estimate of drug-likeness (QED) is 0.266. The number of anilines is 2. The van der Waals surface area contributed by atoms with Crippen LogP contribution in [-0.2, 0) is 9.59 Å². The summed E-state index contributed by atoms with van der Waals surface area (Å²) in [5.74, 6) is 0.486. The van der Waals surface area contributed by atoms with E-state index in [2.05, 4.69) is 35.9 Å². The van der Waals surface area contributed by atoms with Crippen molar-refractivity contribution in [2.45, 2.75) is 26.7 Å². The number of aliphatic imine (C=N–C) groups is 1. The highest BCUT2D eigenvalue weighted by atomic mass is 32.2. The monoisotopic (exact) mass is 566 g/mol. The Morgan fingerprint density at radius 2 is 1.54 bits per heavy atom. The van der Waals surface area contributed by atoms with Crippen LogP contribution in [0.3, 0.4) is 0 Å². The van der Waals surface area contributed by atoms with Gasteiger partial charge >= 0.3 is 0 Å². The number of hydrogen-bond donors (Lipinski definition) is 0. The Morgan fingerprint density at radius 1 is 0.878 bits per heavy atom. The third-order valence-corrected chi connectivity index (χ3v) is 8.27. The zero-order valence-electron chi connectivity index (χ0n) is 23.6. The largest absolute Gasteiger partial charge is 0.368 e. The molecule has 8 heteroatoms. The number of amides is 2. The second-order valence-corrected chi connectivity index (χ2v) is 11.4. The molecule has 7 nitrogen and oxygen atoms in total. The van der Waals surface area contributed by atoms with Crippen molar-refractivity contribution in [2.24, 2.45) is 4.99 Å². The molecule has 3 aromatic carbocycles. The SMILES string of the molecule is CC(=O)c1ccc(N2CCN(C(=O)CSC3=N/C(=C/c4ccc(C(C)C)cc4)C(=O)N3c3ccccc3)CC2)cc1. The summed E-state index contributed by atoms with van der Waals surface area (Å²) in [5, 5.41) is 0.504. The van der Waals surface area contributed by atoms with Gasteiger partial charge in [0.25, 0.3) is 5.91 Å². The van der Waals surface area contributed by atoms with Crippen molar-refractivity contribution >= 4 is 52.0 Å². The van der Waals surface area contributed by atoms with E-state index >= 15 is 0 Å². The molecule has 0 aromatic heterocycles. The van der Waals surface area contributed by atoms with Crippen LogP contribution in [0.15, 0.2) is 89.6 Å². The summed E-state index contributed by atoms with van der Waals surface area (Å²) in [6.45, 7) is 8.51. The number of thioether (sulfide) groups is 1. The molecule has 3 aromatic rings. The van der Waals surface area contributed by atoms with Gasteiger partial charge in [-0.25, -0.2) is 4.99 Å². The van der Waals surface area contributed by atoms with E-state index in [1.54, 1.807) is 17.9 Å². The third kappa shape index (κ3) is 6.60. The summed E-state index contributed by atoms with van der Waals surface area (Å²) in [6.07, 6.45) is 1.81. The van der Waals surface area contributed by atoms with E-state index in [-0.39, 0.29) is 23.4 Å². The van der Waals surface area contributed by atoms with E-state index in [1.165, 1.54) is 17.3 Å². The van der Waals surface area contributed by atoms with Gasteiger partial charge in [0.15, 0.2) is 11.0 Å². The lowest BCUT2D eigenvalue weighted by Crippen LogP contribution is -2.49. The summed E-state index contributed by atoms with van der Waals surface area (Å²) in [4.78, 5) is 48.6. The van der Waals surface area contributed by atoms with Crippen LogP contribution in [-0.4, -0.2) is 59.6 Å². The number of Topliss-reactive ketones (excluding diaryl/α,β-unsaturated/α-hetero) is 1. The Hall–Kier alpha value is -4.17. The lowest BCUT2D eigenvalue weighted by molar-refractivity contribution is -0.128. The minimum absolute atomic E-state index is 0.0199. The topological polar surface area (TPSA) is 73.3 Å². The Kier molecular flexibility index (Phi) is 8.69. The van der Waals surface area contributed by atoms with E-state index in [4.69, 9.17) is 0 Å². The van der Waals surface area contributed by atoms with Crippen LogP contribution < -0.4 is 9.80 Å². The molecule has 41 heavy (non-hydrogen) atoms. The molecule has 210 valence electrons. The summed E-state index contributed by atoms with van der Waals surface area (Å²) < 4.78 is 0. The molecule has 5 rings (SSSR count). The molecule has 2 aliphatic rings. The number of ketones is 1. The van der Waals surface area contributed by atoms with Gasteiger partial charge in [0, 0.05) is 37.4 Å². The molecular weight excluding hydrogens is 532 g/mol. The van der Waals surface area contributed by atoms with Gasteiger partial charge in [0.2, 0.25) is 5.91 Å². The fourth-order valence-corrected chi connectivity index (χ4v) is 5.79. The van der Waals surface area contributed by atoms with Crippen LogP contribution >= 0.6 is 11.8 Å². The Labute approximate surface area is 245 Å². The number of benzene rings is 3. The maximum absolute atomic E-state index is 13.5. The number of carbonyl (C=O) groups excluding carboxylic acids is 3. The lowest BCUT2D eigenvalue weighted by atomic mass is 10.0. The second-order valence-electron chi connectivity index (χ2n) is 10.5. The fourth-order valence-electron chi connectivity index (χ4n) is 4.87. The Balaban J connectivity index is 1.25. The second kappa shape index (κ2) is 12.6. The van der Waals surface area contributed by atoms with E-state index in [9.17, 15) is 14.4 Å². The smallest absolute Gasteiger partial charge is 0.283 e. The van der Waals surface area contributed by atoms with Gasteiger partial charge in [-0.15, -0.1) is 0 Å². The highest BCUT2D eigenvalue weighted by Crippen LogP contribution is 2.30. The van der Waals surface area contributed by atoms with E-state index in [0.29, 0.717) is 48.5 Å². The number of piperazine rings is 1. The molecule has 0 atom stereocenters. The average Bonchev–Trinajstić information content (AvgIpc) is 3.31. The first-order valence-corrected chi connectivity index (χ1v) is 14.8. The summed E-state index contributed by atoms with van der Waals surface area (Å²) in [7, 11) is 0. The summed E-state index contributed by atoms with van der Waals surface area (Å²) >= 11 is 1.29. The van der Waals surface area contributed by atoms with Crippen LogP contribution in [0.25, 0.3) is 6.08 Å². The molecule has 0 saturated carbocycles. The highest BCUT2D eigenvalue weighted by molar-refractivity contribution is 8.14. The molecule has 1 saturated heterocycles. The maximum atomic E-state index is 13.5. The van der Waals surface area contributed by atoms with Gasteiger partial charge in [-0.3, -0.25) is 19.3 Å². The normalized spacial score (nSPS) is 16.5. The van der Waals surface area contributed by atoms with Crippen LogP contribution in [0, 0.1) is 0 Å². The van der Waals surface area contributed by atoms with Crippen LogP contribution in [0.5, 0.6) is 0 Å². The third-order valence-electron chi connectivity index (χ3n) is 7.35. The van der Waals surface area contributed by atoms with Gasteiger partial charge < -0.3 is 9.80 Å². The van der Waals surface area contributed by atoms with Crippen molar-refractivity contribution in [3.05, 3.63) is 101 Å². The number of rotatable bonds is 7. The van der Waals surface area contributed by atoms with E-state index in [0.717, 1.165) is 16.9 Å². The molecule has 0 N–H and O–H groups in total. The zero-order valence-corrected chi connectivity index (χ0v) is 24.4. The highest BCUT2D eigenvalue weighted by Gasteiger charge is 2.33. The number of carbonyl (C=O) groups is 3. The first-order chi connectivity index (χ1) is 19.8. The van der Waals surface area contributed by atoms with Gasteiger partial charge in [-0.2, -0.15) is 0 Å². The predicted molar refractivity (Wildman–Crippen MR) is 168 cm³/mol. The first-order valence-electron chi connectivity index (χ1n) is 13.9. The van der Waals surface area contributed by atoms with Crippen LogP contribution in [0.2, 0.25) is 0 Å². The van der Waals surface area contributed by atoms with Gasteiger partial charge in [0.05, 0.1) is 11.4 Å². The Morgan fingerprint density at radius 3 is 2.15 bits per heavy atom. The molecule has 0 unspecified atom stereocenters. The van der Waals surface area contributed by atoms with Crippen molar-refractivity contribution < 1.29 is 14.4 Å². The zero-order chi connectivity index (χ0) is 28.9. The van der Waals surface area contributed by atoms with E-state index < -0.39 is 0 Å². The summed E-state index contributed by atoms with van der Waals surface area (Å²) in [5.41, 5.74) is 4.96. The van der Waals surface area contributed by atoms with E-state index in [1.807, 2.05) is 71.6 Å². The minimum atomic E-state index is -0.205. The number of para-hydroxylation sites is 1. The van der Waals surface area contributed by atoms with Crippen LogP contribution in [0.4, 0.5) is 11.4 Å². The molecule has 2 aliphatic heterocycles. The standard InChI is InChI=1S/C33H34N4O3S/c1-23(2)26-11-9-25(10-12-26)21-30-32(40)37(29-7-5-4-6-8-29)33(34-30)41-22-31(39)36-19-17-35(18-20-36)28-15-13-27(14-16-28)24(3)38/h4-16,21,23H,17-20,22H2,1-3H3/b30-21+. The number of amidine groups is 1. The number of nitrogens with zero attached hydrogens (tertiary/aromatic N) is 4. The molecule has 2 heterocycles. The Bertz CT molecular complexity index is 1470. The van der Waals surface area contributed by atoms with Gasteiger partial charge in [0.1, 0.15) is 5.70 Å². The molecule has 0 radical (unpaired) electrons. The molecule has 0 bridgehead atoms. The molecule has 2 amide bonds. The maximum Gasteiger partial charge on any atom is 0.283 e. The first kappa shape index (κ1) is 28.4. The fraction of sp³-hybridized carbons (Fsp3) is 0.273. The van der Waals surface area contributed by atoms with Crippen molar-refractivity contribution in [3.8, 4) is 0 Å². The van der Waals surface area contributed by atoms with Crippen molar-refractivity contribution in [2.75, 3.05) is 41.7 Å². The molecular formula is C33H34N4O3S. The lowest BCUT2D eigenvalue weighted by Gasteiger charge is -2.36. The molecule has 1 fully saturated rings. The minimum Gasteiger partial charge on any atom is -0.368 e. The predicted octanol–water partition coefficient (Wildman–Crippen LogP) is 5.84. The molecule has 0 spiro atoms. The molecule has 0 aliphatic carbocycles. The van der Waals surface area contributed by atoms with Crippen LogP contribution in [0.1, 0.15) is 48.2 Å². The summed E-state index contributed by atoms with van der Waals surface area (Å²) in [6, 6.07) is 25.2. The van der Waals surface area contributed by atoms with Gasteiger partial charge in [-0.1, -0.05) is 68.1 Å². The van der Waals surface area contributed by atoms with Crippen molar-refractivity contribution in [1.82, 2.24) is 4.90 Å². The average molecular weight is 567 g/mol. The van der Waals surface area contributed by atoms with Crippen molar-refractivity contribution in [1.29, 1.82) is 0 Å². The number of hydrogen-bond acceptors (Lipinski definition) is 6.